The molecule has 2 heterocycles. The predicted molar refractivity (Wildman–Crippen MR) is 123 cm³/mol. The van der Waals surface area contributed by atoms with E-state index in [1.807, 2.05) is 54.6 Å². The van der Waals surface area contributed by atoms with E-state index in [2.05, 4.69) is 15.6 Å². The van der Waals surface area contributed by atoms with Crippen molar-refractivity contribution in [1.29, 1.82) is 0 Å². The lowest BCUT2D eigenvalue weighted by molar-refractivity contribution is -0.148. The fourth-order valence-corrected chi connectivity index (χ4v) is 3.53. The van der Waals surface area contributed by atoms with Crippen LogP contribution in [-0.2, 0) is 11.3 Å². The lowest BCUT2D eigenvalue weighted by atomic mass is 10.0. The minimum Gasteiger partial charge on any atom is -0.479 e. The van der Waals surface area contributed by atoms with Crippen molar-refractivity contribution in [3.8, 4) is 11.1 Å². The number of carboxylic acids is 1. The van der Waals surface area contributed by atoms with Gasteiger partial charge in [0, 0.05) is 25.7 Å². The molecule has 34 heavy (non-hydrogen) atoms. The van der Waals surface area contributed by atoms with Crippen LogP contribution in [0, 0.1) is 0 Å². The summed E-state index contributed by atoms with van der Waals surface area (Å²) in [6, 6.07) is 18.8. The Bertz CT molecular complexity index is 1160. The normalized spacial score (nSPS) is 13.9. The second kappa shape index (κ2) is 10.3. The van der Waals surface area contributed by atoms with Gasteiger partial charge in [-0.15, -0.1) is 0 Å². The highest BCUT2D eigenvalue weighted by molar-refractivity contribution is 5.97. The van der Waals surface area contributed by atoms with Crippen LogP contribution in [0.5, 0.6) is 0 Å². The molecule has 3 aromatic rings. The molecule has 4 N–H and O–H groups in total. The van der Waals surface area contributed by atoms with Crippen LogP contribution in [-0.4, -0.2) is 73.8 Å². The largest absolute Gasteiger partial charge is 0.479 e. The van der Waals surface area contributed by atoms with E-state index in [4.69, 9.17) is 5.11 Å². The van der Waals surface area contributed by atoms with Gasteiger partial charge in [-0.1, -0.05) is 54.6 Å². The molecule has 1 atom stereocenters. The molecule has 0 spiro atoms. The molecule has 2 aromatic carbocycles. The summed E-state index contributed by atoms with van der Waals surface area (Å²) >= 11 is 0. The maximum absolute atomic E-state index is 12.7. The van der Waals surface area contributed by atoms with Gasteiger partial charge in [-0.25, -0.2) is 9.80 Å². The summed E-state index contributed by atoms with van der Waals surface area (Å²) in [6.07, 6.45) is -0.757. The maximum Gasteiger partial charge on any atom is 0.333 e. The summed E-state index contributed by atoms with van der Waals surface area (Å²) in [6.45, 7) is 1.15. The molecule has 1 saturated heterocycles. The van der Waals surface area contributed by atoms with Crippen LogP contribution in [0.15, 0.2) is 60.7 Å². The number of rotatable bonds is 9. The molecule has 1 aromatic heterocycles. The number of aliphatic carboxylic acids is 1. The number of carbonyl (C=O) groups excluding carboxylic acids is 2. The summed E-state index contributed by atoms with van der Waals surface area (Å²) in [5.41, 5.74) is 5.65. The molecule has 1 fully saturated rings. The zero-order chi connectivity index (χ0) is 24.1. The first-order chi connectivity index (χ1) is 16.4. The van der Waals surface area contributed by atoms with Gasteiger partial charge in [0.05, 0.1) is 6.54 Å². The Morgan fingerprint density at radius 1 is 1.06 bits per heavy atom. The van der Waals surface area contributed by atoms with Crippen molar-refractivity contribution >= 4 is 17.8 Å². The monoisotopic (exact) mass is 463 g/mol. The summed E-state index contributed by atoms with van der Waals surface area (Å²) in [5.74, 6) is -2.26. The number of H-pyrrole nitrogens is 1. The van der Waals surface area contributed by atoms with Crippen LogP contribution >= 0.6 is 0 Å². The second-order valence-electron chi connectivity index (χ2n) is 8.05. The van der Waals surface area contributed by atoms with Crippen LogP contribution in [0.3, 0.4) is 0 Å². The number of aromatic nitrogens is 2. The van der Waals surface area contributed by atoms with Crippen molar-refractivity contribution in [3.63, 3.8) is 0 Å². The van der Waals surface area contributed by atoms with Crippen LogP contribution in [0.2, 0.25) is 0 Å². The number of nitrogens with zero attached hydrogens (tertiary/aromatic N) is 3. The Hall–Kier alpha value is -4.02. The third kappa shape index (κ3) is 5.48. The first-order valence-electron chi connectivity index (χ1n) is 10.9. The number of aliphatic hydroxyl groups excluding tert-OH is 1. The molecule has 2 amide bonds. The number of carboxylic acid groups (broad SMARTS) is 1. The molecular formula is C24H25N5O5. The molecule has 0 aliphatic carbocycles. The highest BCUT2D eigenvalue weighted by Gasteiger charge is 2.25. The van der Waals surface area contributed by atoms with Gasteiger partial charge >= 0.3 is 5.97 Å². The van der Waals surface area contributed by atoms with Gasteiger partial charge in [0.15, 0.2) is 11.8 Å². The smallest absolute Gasteiger partial charge is 0.333 e. The number of carbonyl (C=O) groups is 3. The number of hydrogen-bond donors (Lipinski definition) is 4. The molecule has 176 valence electrons. The average Bonchev–Trinajstić information content (AvgIpc) is 3.29. The van der Waals surface area contributed by atoms with Crippen molar-refractivity contribution in [1.82, 2.24) is 25.5 Å². The average molecular weight is 463 g/mol. The fraction of sp³-hybridized carbons (Fsp3) is 0.250. The molecule has 1 aliphatic rings. The van der Waals surface area contributed by atoms with E-state index in [9.17, 15) is 19.5 Å². The van der Waals surface area contributed by atoms with Gasteiger partial charge in [0.1, 0.15) is 5.69 Å². The molecule has 1 unspecified atom stereocenters. The summed E-state index contributed by atoms with van der Waals surface area (Å²) in [7, 11) is 0. The van der Waals surface area contributed by atoms with Crippen LogP contribution in [0.1, 0.15) is 33.0 Å². The number of aromatic amines is 1. The quantitative estimate of drug-likeness (QED) is 0.353. The van der Waals surface area contributed by atoms with Gasteiger partial charge in [-0.3, -0.25) is 20.1 Å². The highest BCUT2D eigenvalue weighted by atomic mass is 16.4. The number of hydrogen-bond acceptors (Lipinski definition) is 6. The highest BCUT2D eigenvalue weighted by Crippen LogP contribution is 2.20. The van der Waals surface area contributed by atoms with Gasteiger partial charge in [-0.2, -0.15) is 5.10 Å². The fourth-order valence-electron chi connectivity index (χ4n) is 3.53. The number of amides is 2. The second-order valence-corrected chi connectivity index (χ2v) is 8.05. The van der Waals surface area contributed by atoms with Crippen molar-refractivity contribution in [2.75, 3.05) is 19.6 Å². The van der Waals surface area contributed by atoms with E-state index in [0.717, 1.165) is 23.1 Å². The van der Waals surface area contributed by atoms with Crippen LogP contribution in [0.4, 0.5) is 0 Å². The molecule has 10 nitrogen and oxygen atoms in total. The van der Waals surface area contributed by atoms with Crippen molar-refractivity contribution < 1.29 is 24.6 Å². The van der Waals surface area contributed by atoms with E-state index >= 15 is 0 Å². The first kappa shape index (κ1) is 23.1. The molecule has 0 bridgehead atoms. The number of benzene rings is 2. The van der Waals surface area contributed by atoms with Gasteiger partial charge in [-0.05, 0) is 23.1 Å². The Morgan fingerprint density at radius 3 is 2.35 bits per heavy atom. The topological polar surface area (TPSA) is 139 Å². The third-order valence-electron chi connectivity index (χ3n) is 5.56. The minimum atomic E-state index is -1.70. The Kier molecular flexibility index (Phi) is 7.00. The SMILES string of the molecule is O=C(NN(Cc1ccc(-c2ccccc2)cc1)CC(O)C(=O)O)c1cc(C(=O)N2CCC2)[nH]n1. The predicted octanol–water partition coefficient (Wildman–Crippen LogP) is 1.52. The number of hydrazine groups is 1. The standard InChI is InChI=1S/C24H25N5O5/c30-21(24(33)34)15-29(14-16-7-9-18(10-8-16)17-5-2-1-3-6-17)27-22(31)19-13-20(26-25-19)23(32)28-11-4-12-28/h1-3,5-10,13,21,30H,4,11-12,14-15H2,(H,25,26)(H,27,31)(H,33,34). The van der Waals surface area contributed by atoms with Gasteiger partial charge < -0.3 is 15.1 Å². The molecule has 0 saturated carbocycles. The molecular weight excluding hydrogens is 438 g/mol. The lowest BCUT2D eigenvalue weighted by Crippen LogP contribution is -2.47. The van der Waals surface area contributed by atoms with Crippen LogP contribution in [0.25, 0.3) is 11.1 Å². The molecule has 0 radical (unpaired) electrons. The number of aliphatic hydroxyl groups is 1. The van der Waals surface area contributed by atoms with Gasteiger partial charge in [0.2, 0.25) is 0 Å². The third-order valence-corrected chi connectivity index (χ3v) is 5.56. The molecule has 4 rings (SSSR count). The Labute approximate surface area is 195 Å². The van der Waals surface area contributed by atoms with Crippen molar-refractivity contribution in [2.24, 2.45) is 0 Å². The van der Waals surface area contributed by atoms with E-state index < -0.39 is 18.0 Å². The lowest BCUT2D eigenvalue weighted by Gasteiger charge is -2.30. The van der Waals surface area contributed by atoms with Gasteiger partial charge in [0.25, 0.3) is 11.8 Å². The maximum atomic E-state index is 12.7. The summed E-state index contributed by atoms with van der Waals surface area (Å²) in [5, 5.41) is 26.8. The zero-order valence-electron chi connectivity index (χ0n) is 18.3. The van der Waals surface area contributed by atoms with E-state index in [-0.39, 0.29) is 30.4 Å². The van der Waals surface area contributed by atoms with E-state index in [1.165, 1.54) is 11.1 Å². The molecule has 10 heteroatoms. The van der Waals surface area contributed by atoms with Crippen molar-refractivity contribution in [3.05, 3.63) is 77.6 Å². The van der Waals surface area contributed by atoms with Crippen molar-refractivity contribution in [2.45, 2.75) is 19.1 Å². The molecule has 1 aliphatic heterocycles. The number of nitrogens with one attached hydrogen (secondary N) is 2. The van der Waals surface area contributed by atoms with Crippen LogP contribution < -0.4 is 5.43 Å². The first-order valence-corrected chi connectivity index (χ1v) is 10.9. The summed E-state index contributed by atoms with van der Waals surface area (Å²) < 4.78 is 0. The minimum absolute atomic E-state index is 0.0156. The Morgan fingerprint density at radius 2 is 1.74 bits per heavy atom. The van der Waals surface area contributed by atoms with E-state index in [1.54, 1.807) is 4.90 Å². The zero-order valence-corrected chi connectivity index (χ0v) is 18.3. The Balaban J connectivity index is 1.45. The summed E-state index contributed by atoms with van der Waals surface area (Å²) in [4.78, 5) is 37.8. The van der Waals surface area contributed by atoms with E-state index in [0.29, 0.717) is 13.1 Å². The number of likely N-dealkylation sites (tertiary alicyclic amines) is 1.